The maximum Gasteiger partial charge on any atom is 0.171 e. The average molecular weight is 302 g/mol. The van der Waals surface area contributed by atoms with Crippen molar-refractivity contribution in [3.05, 3.63) is 65.5 Å². The first-order valence-corrected chi connectivity index (χ1v) is 7.39. The molecule has 0 radical (unpaired) electrons. The fourth-order valence-electron chi connectivity index (χ4n) is 2.11. The molecule has 2 N–H and O–H groups in total. The van der Waals surface area contributed by atoms with E-state index in [1.54, 1.807) is 12.1 Å². The summed E-state index contributed by atoms with van der Waals surface area (Å²) in [5.41, 5.74) is 3.06. The van der Waals surface area contributed by atoms with E-state index in [1.165, 1.54) is 23.3 Å². The summed E-state index contributed by atoms with van der Waals surface area (Å²) in [6.45, 7) is 4.16. The largest absolute Gasteiger partial charge is 0.356 e. The Balaban J connectivity index is 2.01. The van der Waals surface area contributed by atoms with E-state index in [9.17, 15) is 4.39 Å². The van der Waals surface area contributed by atoms with Crippen LogP contribution in [-0.2, 0) is 0 Å². The Hall–Kier alpha value is -1.94. The lowest BCUT2D eigenvalue weighted by Gasteiger charge is -2.20. The minimum Gasteiger partial charge on any atom is -0.356 e. The van der Waals surface area contributed by atoms with Crippen molar-refractivity contribution in [1.29, 1.82) is 0 Å². The van der Waals surface area contributed by atoms with Gasteiger partial charge in [-0.1, -0.05) is 42.8 Å². The fourth-order valence-corrected chi connectivity index (χ4v) is 2.37. The number of rotatable bonds is 4. The standard InChI is InChI=1S/C17H19FN2S/c1-3-16(13-9-7-12(2)8-10-13)20-17(21)19-15-6-4-5-14(18)11-15/h4-11,16H,3H2,1-2H3,(H2,19,20,21)/t16-/m1/s1. The van der Waals surface area contributed by atoms with Gasteiger partial charge >= 0.3 is 0 Å². The van der Waals surface area contributed by atoms with E-state index in [2.05, 4.69) is 48.7 Å². The maximum absolute atomic E-state index is 13.1. The summed E-state index contributed by atoms with van der Waals surface area (Å²) in [4.78, 5) is 0. The molecule has 0 amide bonds. The highest BCUT2D eigenvalue weighted by atomic mass is 32.1. The topological polar surface area (TPSA) is 24.1 Å². The van der Waals surface area contributed by atoms with Crippen LogP contribution in [0.25, 0.3) is 0 Å². The van der Waals surface area contributed by atoms with Gasteiger partial charge in [0.05, 0.1) is 6.04 Å². The molecule has 1 atom stereocenters. The SMILES string of the molecule is CC[C@@H](NC(=S)Nc1cccc(F)c1)c1ccc(C)cc1. The molecular weight excluding hydrogens is 283 g/mol. The van der Waals surface area contributed by atoms with E-state index in [-0.39, 0.29) is 11.9 Å². The second kappa shape index (κ2) is 7.18. The molecule has 2 nitrogen and oxygen atoms in total. The van der Waals surface area contributed by atoms with Crippen LogP contribution >= 0.6 is 12.2 Å². The minimum atomic E-state index is -0.284. The van der Waals surface area contributed by atoms with Gasteiger partial charge in [0.15, 0.2) is 5.11 Å². The molecule has 0 heterocycles. The van der Waals surface area contributed by atoms with Crippen LogP contribution < -0.4 is 10.6 Å². The molecule has 110 valence electrons. The highest BCUT2D eigenvalue weighted by Crippen LogP contribution is 2.17. The van der Waals surface area contributed by atoms with Crippen LogP contribution in [0.3, 0.4) is 0 Å². The highest BCUT2D eigenvalue weighted by molar-refractivity contribution is 7.80. The summed E-state index contributed by atoms with van der Waals surface area (Å²) >= 11 is 5.30. The van der Waals surface area contributed by atoms with Gasteiger partial charge in [0.25, 0.3) is 0 Å². The Morgan fingerprint density at radius 1 is 1.19 bits per heavy atom. The minimum absolute atomic E-state index is 0.138. The number of anilines is 1. The monoisotopic (exact) mass is 302 g/mol. The van der Waals surface area contributed by atoms with Crippen molar-refractivity contribution in [3.8, 4) is 0 Å². The third-order valence-electron chi connectivity index (χ3n) is 3.28. The first-order chi connectivity index (χ1) is 10.1. The third kappa shape index (κ3) is 4.53. The molecule has 0 aliphatic carbocycles. The quantitative estimate of drug-likeness (QED) is 0.809. The van der Waals surface area contributed by atoms with Crippen LogP contribution in [0, 0.1) is 12.7 Å². The summed E-state index contributed by atoms with van der Waals surface area (Å²) in [6.07, 6.45) is 0.911. The zero-order chi connectivity index (χ0) is 15.2. The molecule has 4 heteroatoms. The van der Waals surface area contributed by atoms with Crippen molar-refractivity contribution >= 4 is 23.0 Å². The van der Waals surface area contributed by atoms with Crippen LogP contribution in [0.2, 0.25) is 0 Å². The number of benzene rings is 2. The van der Waals surface area contributed by atoms with Crippen LogP contribution in [0.5, 0.6) is 0 Å². The van der Waals surface area contributed by atoms with Gasteiger partial charge < -0.3 is 10.6 Å². The summed E-state index contributed by atoms with van der Waals surface area (Å²) < 4.78 is 13.1. The van der Waals surface area contributed by atoms with E-state index in [4.69, 9.17) is 12.2 Å². The molecule has 0 aromatic heterocycles. The Morgan fingerprint density at radius 3 is 2.52 bits per heavy atom. The van der Waals surface area contributed by atoms with Crippen molar-refractivity contribution in [1.82, 2.24) is 5.32 Å². The van der Waals surface area contributed by atoms with Gasteiger partial charge in [0.1, 0.15) is 5.82 Å². The van der Waals surface area contributed by atoms with Crippen LogP contribution in [0.15, 0.2) is 48.5 Å². The van der Waals surface area contributed by atoms with Crippen molar-refractivity contribution in [3.63, 3.8) is 0 Å². The number of thiocarbonyl (C=S) groups is 1. The van der Waals surface area contributed by atoms with Gasteiger partial charge in [-0.25, -0.2) is 4.39 Å². The molecule has 0 saturated carbocycles. The molecule has 0 spiro atoms. The molecule has 2 aromatic rings. The summed E-state index contributed by atoms with van der Waals surface area (Å²) in [5, 5.41) is 6.77. The fraction of sp³-hybridized carbons (Fsp3) is 0.235. The number of hydrogen-bond donors (Lipinski definition) is 2. The highest BCUT2D eigenvalue weighted by Gasteiger charge is 2.10. The maximum atomic E-state index is 13.1. The van der Waals surface area contributed by atoms with Gasteiger partial charge in [0.2, 0.25) is 0 Å². The first-order valence-electron chi connectivity index (χ1n) is 6.98. The Kier molecular flexibility index (Phi) is 5.28. The second-order valence-electron chi connectivity index (χ2n) is 4.98. The molecule has 2 aromatic carbocycles. The van der Waals surface area contributed by atoms with E-state index in [0.29, 0.717) is 10.8 Å². The molecule has 21 heavy (non-hydrogen) atoms. The molecule has 2 rings (SSSR count). The van der Waals surface area contributed by atoms with Crippen molar-refractivity contribution < 1.29 is 4.39 Å². The van der Waals surface area contributed by atoms with Crippen molar-refractivity contribution in [2.75, 3.05) is 5.32 Å². The van der Waals surface area contributed by atoms with Crippen molar-refractivity contribution in [2.24, 2.45) is 0 Å². The normalized spacial score (nSPS) is 11.8. The number of hydrogen-bond acceptors (Lipinski definition) is 1. The van der Waals surface area contributed by atoms with Crippen LogP contribution in [0.1, 0.15) is 30.5 Å². The molecule has 0 aliphatic heterocycles. The molecule has 0 bridgehead atoms. The van der Waals surface area contributed by atoms with Gasteiger partial charge in [-0.05, 0) is 49.3 Å². The molecule has 0 aliphatic rings. The third-order valence-corrected chi connectivity index (χ3v) is 3.50. The summed E-state index contributed by atoms with van der Waals surface area (Å²) in [5.74, 6) is -0.284. The predicted molar refractivity (Wildman–Crippen MR) is 90.0 cm³/mol. The Morgan fingerprint density at radius 2 is 1.90 bits per heavy atom. The van der Waals surface area contributed by atoms with Crippen LogP contribution in [-0.4, -0.2) is 5.11 Å². The zero-order valence-electron chi connectivity index (χ0n) is 12.2. The Bertz CT molecular complexity index is 610. The van der Waals surface area contributed by atoms with E-state index >= 15 is 0 Å². The lowest BCUT2D eigenvalue weighted by atomic mass is 10.0. The molecule has 0 unspecified atom stereocenters. The van der Waals surface area contributed by atoms with Crippen molar-refractivity contribution in [2.45, 2.75) is 26.3 Å². The Labute approximate surface area is 130 Å². The molecule has 0 saturated heterocycles. The van der Waals surface area contributed by atoms with E-state index < -0.39 is 0 Å². The smallest absolute Gasteiger partial charge is 0.171 e. The van der Waals surface area contributed by atoms with Crippen LogP contribution in [0.4, 0.5) is 10.1 Å². The summed E-state index contributed by atoms with van der Waals surface area (Å²) in [6, 6.07) is 14.8. The number of nitrogens with one attached hydrogen (secondary N) is 2. The van der Waals surface area contributed by atoms with Gasteiger partial charge in [-0.3, -0.25) is 0 Å². The second-order valence-corrected chi connectivity index (χ2v) is 5.39. The first kappa shape index (κ1) is 15.4. The predicted octanol–water partition coefficient (Wildman–Crippen LogP) is 4.57. The number of aryl methyl sites for hydroxylation is 1. The van der Waals surface area contributed by atoms with E-state index in [1.807, 2.05) is 0 Å². The number of halogens is 1. The summed E-state index contributed by atoms with van der Waals surface area (Å²) in [7, 11) is 0. The van der Waals surface area contributed by atoms with Gasteiger partial charge in [0, 0.05) is 5.69 Å². The lowest BCUT2D eigenvalue weighted by Crippen LogP contribution is -2.32. The zero-order valence-corrected chi connectivity index (χ0v) is 13.0. The molecular formula is C17H19FN2S. The van der Waals surface area contributed by atoms with E-state index in [0.717, 1.165) is 6.42 Å². The molecule has 0 fully saturated rings. The average Bonchev–Trinajstić information content (AvgIpc) is 2.46. The van der Waals surface area contributed by atoms with Gasteiger partial charge in [-0.15, -0.1) is 0 Å². The van der Waals surface area contributed by atoms with Gasteiger partial charge in [-0.2, -0.15) is 0 Å². The lowest BCUT2D eigenvalue weighted by molar-refractivity contribution is 0.626.